The van der Waals surface area contributed by atoms with E-state index in [0.29, 0.717) is 6.54 Å². The van der Waals surface area contributed by atoms with Crippen LogP contribution in [0.2, 0.25) is 0 Å². The van der Waals surface area contributed by atoms with Crippen molar-refractivity contribution in [1.29, 1.82) is 0 Å². The first-order valence-corrected chi connectivity index (χ1v) is 6.09. The van der Waals surface area contributed by atoms with Crippen LogP contribution in [0.15, 0.2) is 18.6 Å². The number of amides is 1. The Labute approximate surface area is 119 Å². The van der Waals surface area contributed by atoms with E-state index < -0.39 is 10.8 Å². The first kappa shape index (κ1) is 14.4. The molecule has 2 N–H and O–H groups in total. The summed E-state index contributed by atoms with van der Waals surface area (Å²) in [6.07, 6.45) is 2.62. The molecule has 10 heteroatoms. The maximum Gasteiger partial charge on any atom is 0.355 e. The van der Waals surface area contributed by atoms with E-state index in [2.05, 4.69) is 25.7 Å². The molecule has 0 fully saturated rings. The Balaban J connectivity index is 2.53. The molecule has 0 aliphatic rings. The van der Waals surface area contributed by atoms with Gasteiger partial charge in [0.2, 0.25) is 11.6 Å². The number of rotatable bonds is 5. The molecule has 0 atom stereocenters. The minimum absolute atomic E-state index is 0.0129. The number of anilines is 1. The minimum atomic E-state index is -0.589. The van der Waals surface area contributed by atoms with Gasteiger partial charge in [-0.05, 0) is 13.0 Å². The minimum Gasteiger partial charge on any atom is -0.364 e. The van der Waals surface area contributed by atoms with E-state index in [9.17, 15) is 14.9 Å². The van der Waals surface area contributed by atoms with Gasteiger partial charge in [-0.2, -0.15) is 5.10 Å². The van der Waals surface area contributed by atoms with Gasteiger partial charge in [0.1, 0.15) is 6.33 Å². The van der Waals surface area contributed by atoms with Crippen LogP contribution in [0.25, 0.3) is 5.82 Å². The highest BCUT2D eigenvalue weighted by molar-refractivity contribution is 5.91. The van der Waals surface area contributed by atoms with E-state index in [0.717, 1.165) is 0 Å². The van der Waals surface area contributed by atoms with Crippen molar-refractivity contribution >= 4 is 17.4 Å². The van der Waals surface area contributed by atoms with Crippen molar-refractivity contribution in [2.45, 2.75) is 6.92 Å². The molecule has 10 nitrogen and oxygen atoms in total. The molecule has 2 aromatic heterocycles. The number of aromatic nitrogens is 4. The van der Waals surface area contributed by atoms with Crippen molar-refractivity contribution in [2.75, 3.05) is 18.9 Å². The summed E-state index contributed by atoms with van der Waals surface area (Å²) < 4.78 is 1.17. The van der Waals surface area contributed by atoms with Crippen LogP contribution in [-0.4, -0.2) is 44.2 Å². The van der Waals surface area contributed by atoms with Gasteiger partial charge in [0.05, 0.1) is 4.92 Å². The summed E-state index contributed by atoms with van der Waals surface area (Å²) in [4.78, 5) is 29.9. The topological polar surface area (TPSA) is 128 Å². The lowest BCUT2D eigenvalue weighted by Crippen LogP contribution is -2.18. The highest BCUT2D eigenvalue weighted by atomic mass is 16.6. The van der Waals surface area contributed by atoms with Gasteiger partial charge in [-0.3, -0.25) is 14.9 Å². The molecule has 2 aromatic rings. The molecule has 2 heterocycles. The molecular weight excluding hydrogens is 278 g/mol. The van der Waals surface area contributed by atoms with E-state index in [1.165, 1.54) is 30.3 Å². The molecule has 0 aliphatic carbocycles. The van der Waals surface area contributed by atoms with Crippen LogP contribution in [0.3, 0.4) is 0 Å². The first-order valence-electron chi connectivity index (χ1n) is 6.09. The largest absolute Gasteiger partial charge is 0.364 e. The zero-order valence-corrected chi connectivity index (χ0v) is 11.4. The summed E-state index contributed by atoms with van der Waals surface area (Å²) in [6, 6.07) is 1.44. The number of nitro groups is 1. The number of hydrogen-bond acceptors (Lipinski definition) is 7. The maximum absolute atomic E-state index is 11.5. The number of hydrogen-bond donors (Lipinski definition) is 2. The second-order valence-corrected chi connectivity index (χ2v) is 3.91. The molecule has 0 spiro atoms. The van der Waals surface area contributed by atoms with Crippen LogP contribution in [0.4, 0.5) is 11.5 Å². The van der Waals surface area contributed by atoms with Gasteiger partial charge in [-0.1, -0.05) is 0 Å². The number of carbonyl (C=O) groups excluding carboxylic acids is 1. The summed E-state index contributed by atoms with van der Waals surface area (Å²) in [6.45, 7) is 2.27. The second-order valence-electron chi connectivity index (χ2n) is 3.91. The standard InChI is InChI=1S/C11H13N7O3/c1-3-13-9-8(18(20)21)10(15-6-14-9)17-5-4-7(16-17)11(19)12-2/h4-6H,3H2,1-2H3,(H,12,19)(H,13,14,15). The van der Waals surface area contributed by atoms with Crippen LogP contribution >= 0.6 is 0 Å². The predicted molar refractivity (Wildman–Crippen MR) is 73.4 cm³/mol. The van der Waals surface area contributed by atoms with Gasteiger partial charge in [0.15, 0.2) is 5.69 Å². The number of nitrogens with zero attached hydrogens (tertiary/aromatic N) is 5. The van der Waals surface area contributed by atoms with E-state index >= 15 is 0 Å². The van der Waals surface area contributed by atoms with Crippen molar-refractivity contribution < 1.29 is 9.72 Å². The lowest BCUT2D eigenvalue weighted by Gasteiger charge is -2.06. The molecule has 0 unspecified atom stereocenters. The van der Waals surface area contributed by atoms with Crippen molar-refractivity contribution in [3.63, 3.8) is 0 Å². The third-order valence-electron chi connectivity index (χ3n) is 2.60. The van der Waals surface area contributed by atoms with E-state index in [-0.39, 0.29) is 23.0 Å². The van der Waals surface area contributed by atoms with Gasteiger partial charge in [-0.25, -0.2) is 14.6 Å². The van der Waals surface area contributed by atoms with Crippen LogP contribution in [0.5, 0.6) is 0 Å². The fourth-order valence-corrected chi connectivity index (χ4v) is 1.69. The number of nitrogens with one attached hydrogen (secondary N) is 2. The predicted octanol–water partition coefficient (Wildman–Crippen LogP) is 0.362. The maximum atomic E-state index is 11.5. The summed E-state index contributed by atoms with van der Waals surface area (Å²) in [5.74, 6) is -0.303. The Hall–Kier alpha value is -3.04. The van der Waals surface area contributed by atoms with Gasteiger partial charge in [0, 0.05) is 19.8 Å². The van der Waals surface area contributed by atoms with Crippen molar-refractivity contribution in [3.8, 4) is 5.82 Å². The summed E-state index contributed by atoms with van der Waals surface area (Å²) in [5.41, 5.74) is -0.165. The quantitative estimate of drug-likeness (QED) is 0.601. The van der Waals surface area contributed by atoms with Crippen LogP contribution < -0.4 is 10.6 Å². The normalized spacial score (nSPS) is 10.2. The lowest BCUT2D eigenvalue weighted by atomic mass is 10.4. The third-order valence-corrected chi connectivity index (χ3v) is 2.60. The van der Waals surface area contributed by atoms with Crippen LogP contribution in [0.1, 0.15) is 17.4 Å². The highest BCUT2D eigenvalue weighted by Gasteiger charge is 2.25. The van der Waals surface area contributed by atoms with Crippen molar-refractivity contribution in [3.05, 3.63) is 34.4 Å². The Bertz CT molecular complexity index is 682. The van der Waals surface area contributed by atoms with E-state index in [1.54, 1.807) is 6.92 Å². The Morgan fingerprint density at radius 3 is 2.86 bits per heavy atom. The molecule has 0 aliphatic heterocycles. The monoisotopic (exact) mass is 291 g/mol. The molecule has 0 aromatic carbocycles. The zero-order chi connectivity index (χ0) is 15.4. The van der Waals surface area contributed by atoms with E-state index in [4.69, 9.17) is 0 Å². The van der Waals surface area contributed by atoms with Gasteiger partial charge in [0.25, 0.3) is 5.91 Å². The van der Waals surface area contributed by atoms with Crippen molar-refractivity contribution in [1.82, 2.24) is 25.1 Å². The fourth-order valence-electron chi connectivity index (χ4n) is 1.69. The Morgan fingerprint density at radius 2 is 2.24 bits per heavy atom. The molecule has 0 radical (unpaired) electrons. The average molecular weight is 291 g/mol. The smallest absolute Gasteiger partial charge is 0.355 e. The van der Waals surface area contributed by atoms with Crippen LogP contribution in [0, 0.1) is 10.1 Å². The second kappa shape index (κ2) is 5.94. The Kier molecular flexibility index (Phi) is 4.07. The molecule has 110 valence electrons. The lowest BCUT2D eigenvalue weighted by molar-refractivity contribution is -0.384. The van der Waals surface area contributed by atoms with Gasteiger partial charge < -0.3 is 10.6 Å². The molecule has 0 bridgehead atoms. The van der Waals surface area contributed by atoms with E-state index in [1.807, 2.05) is 0 Å². The van der Waals surface area contributed by atoms with Gasteiger partial charge in [-0.15, -0.1) is 0 Å². The Morgan fingerprint density at radius 1 is 1.48 bits per heavy atom. The average Bonchev–Trinajstić information content (AvgIpc) is 2.96. The highest BCUT2D eigenvalue weighted by Crippen LogP contribution is 2.27. The van der Waals surface area contributed by atoms with Crippen molar-refractivity contribution in [2.24, 2.45) is 0 Å². The number of carbonyl (C=O) groups is 1. The fraction of sp³-hybridized carbons (Fsp3) is 0.273. The zero-order valence-electron chi connectivity index (χ0n) is 11.4. The molecular formula is C11H13N7O3. The SMILES string of the molecule is CCNc1ncnc(-n2ccc(C(=O)NC)n2)c1[N+](=O)[O-]. The molecule has 0 saturated heterocycles. The van der Waals surface area contributed by atoms with Gasteiger partial charge >= 0.3 is 5.69 Å². The van der Waals surface area contributed by atoms with Crippen LogP contribution in [-0.2, 0) is 0 Å². The molecule has 1 amide bonds. The summed E-state index contributed by atoms with van der Waals surface area (Å²) >= 11 is 0. The third kappa shape index (κ3) is 2.78. The molecule has 21 heavy (non-hydrogen) atoms. The molecule has 0 saturated carbocycles. The summed E-state index contributed by atoms with van der Waals surface area (Å²) in [7, 11) is 1.47. The summed E-state index contributed by atoms with van der Waals surface area (Å²) in [5, 5.41) is 20.4. The molecule has 2 rings (SSSR count). The first-order chi connectivity index (χ1) is 10.1.